The third-order valence-electron chi connectivity index (χ3n) is 3.09. The topological polar surface area (TPSA) is 24.5 Å². The third kappa shape index (κ3) is 5.50. The number of unbranched alkanes of at least 4 members (excludes halogenated alkanes) is 1. The molecule has 0 amide bonds. The molecular formula is C12H26N2O. The first-order valence-corrected chi connectivity index (χ1v) is 6.34. The van der Waals surface area contributed by atoms with Gasteiger partial charge < -0.3 is 15.0 Å². The molecule has 1 rings (SSSR count). The number of hydrogen-bond acceptors (Lipinski definition) is 3. The fraction of sp³-hybridized carbons (Fsp3) is 1.00. The number of hydrogen-bond donors (Lipinski definition) is 1. The van der Waals surface area contributed by atoms with Crippen LogP contribution in [0.15, 0.2) is 0 Å². The summed E-state index contributed by atoms with van der Waals surface area (Å²) >= 11 is 0. The van der Waals surface area contributed by atoms with Crippen LogP contribution in [-0.4, -0.2) is 50.8 Å². The number of likely N-dealkylation sites (N-methyl/N-ethyl adjacent to an activating group) is 1. The zero-order valence-electron chi connectivity index (χ0n) is 10.3. The smallest absolute Gasteiger partial charge is 0.0478 e. The van der Waals surface area contributed by atoms with Crippen LogP contribution in [0.25, 0.3) is 0 Å². The van der Waals surface area contributed by atoms with Gasteiger partial charge in [-0.1, -0.05) is 13.3 Å². The Morgan fingerprint density at radius 2 is 2.13 bits per heavy atom. The third-order valence-corrected chi connectivity index (χ3v) is 3.09. The molecule has 1 heterocycles. The predicted molar refractivity (Wildman–Crippen MR) is 64.2 cm³/mol. The highest BCUT2D eigenvalue weighted by Gasteiger charge is 2.19. The number of ether oxygens (including phenoxy) is 1. The molecule has 3 heteroatoms. The van der Waals surface area contributed by atoms with E-state index >= 15 is 0 Å². The van der Waals surface area contributed by atoms with Crippen LogP contribution in [0.5, 0.6) is 0 Å². The van der Waals surface area contributed by atoms with Crippen LogP contribution < -0.4 is 5.32 Å². The van der Waals surface area contributed by atoms with Crippen molar-refractivity contribution in [2.45, 2.75) is 38.6 Å². The van der Waals surface area contributed by atoms with E-state index < -0.39 is 0 Å². The number of rotatable bonds is 8. The first-order chi connectivity index (χ1) is 7.36. The van der Waals surface area contributed by atoms with Crippen LogP contribution in [0.4, 0.5) is 0 Å². The van der Waals surface area contributed by atoms with Gasteiger partial charge >= 0.3 is 0 Å². The summed E-state index contributed by atoms with van der Waals surface area (Å²) in [5, 5.41) is 3.34. The van der Waals surface area contributed by atoms with Crippen LogP contribution >= 0.6 is 0 Å². The zero-order chi connectivity index (χ0) is 10.9. The van der Waals surface area contributed by atoms with E-state index in [9.17, 15) is 0 Å². The molecule has 1 aliphatic rings. The lowest BCUT2D eigenvalue weighted by Crippen LogP contribution is -2.30. The molecule has 0 bridgehead atoms. The van der Waals surface area contributed by atoms with Gasteiger partial charge in [0.2, 0.25) is 0 Å². The number of nitrogens with zero attached hydrogens (tertiary/aromatic N) is 1. The van der Waals surface area contributed by atoms with E-state index in [1.807, 2.05) is 0 Å². The molecule has 0 spiro atoms. The van der Waals surface area contributed by atoms with Crippen LogP contribution in [0.2, 0.25) is 0 Å². The van der Waals surface area contributed by atoms with Gasteiger partial charge in [-0.2, -0.15) is 0 Å². The Morgan fingerprint density at radius 3 is 2.80 bits per heavy atom. The maximum Gasteiger partial charge on any atom is 0.0478 e. The fourth-order valence-electron chi connectivity index (χ4n) is 2.01. The number of nitrogens with one attached hydrogen (secondary N) is 1. The largest absolute Gasteiger partial charge is 0.381 e. The summed E-state index contributed by atoms with van der Waals surface area (Å²) in [5.74, 6) is 0. The van der Waals surface area contributed by atoms with Crippen molar-refractivity contribution in [1.82, 2.24) is 10.2 Å². The molecule has 1 saturated heterocycles. The Morgan fingerprint density at radius 1 is 1.33 bits per heavy atom. The lowest BCUT2D eigenvalue weighted by Gasteiger charge is -2.15. The van der Waals surface area contributed by atoms with Gasteiger partial charge in [0, 0.05) is 32.3 Å². The number of likely N-dealkylation sites (tertiary alicyclic amines) is 1. The second kappa shape index (κ2) is 8.08. The van der Waals surface area contributed by atoms with Crippen molar-refractivity contribution in [3.8, 4) is 0 Å². The fourth-order valence-corrected chi connectivity index (χ4v) is 2.01. The van der Waals surface area contributed by atoms with Crippen molar-refractivity contribution >= 4 is 0 Å². The molecule has 1 fully saturated rings. The first kappa shape index (κ1) is 12.9. The molecule has 1 N–H and O–H groups in total. The molecule has 0 radical (unpaired) electrons. The molecule has 1 atom stereocenters. The minimum absolute atomic E-state index is 0.714. The van der Waals surface area contributed by atoms with E-state index in [-0.39, 0.29) is 0 Å². The molecule has 0 aromatic carbocycles. The molecule has 90 valence electrons. The van der Waals surface area contributed by atoms with Gasteiger partial charge in [-0.05, 0) is 32.9 Å². The summed E-state index contributed by atoms with van der Waals surface area (Å²) in [5.41, 5.74) is 0. The summed E-state index contributed by atoms with van der Waals surface area (Å²) in [7, 11) is 2.06. The van der Waals surface area contributed by atoms with Crippen molar-refractivity contribution < 1.29 is 4.74 Å². The van der Waals surface area contributed by atoms with Gasteiger partial charge in [0.25, 0.3) is 0 Å². The summed E-state index contributed by atoms with van der Waals surface area (Å²) < 4.78 is 5.54. The molecule has 0 saturated carbocycles. The highest BCUT2D eigenvalue weighted by molar-refractivity contribution is 4.79. The quantitative estimate of drug-likeness (QED) is 0.620. The lowest BCUT2D eigenvalue weighted by atomic mass is 10.3. The van der Waals surface area contributed by atoms with E-state index in [0.717, 1.165) is 13.2 Å². The van der Waals surface area contributed by atoms with E-state index in [0.29, 0.717) is 6.04 Å². The zero-order valence-corrected chi connectivity index (χ0v) is 10.3. The Labute approximate surface area is 94.2 Å². The van der Waals surface area contributed by atoms with E-state index in [1.54, 1.807) is 0 Å². The summed E-state index contributed by atoms with van der Waals surface area (Å²) in [6.45, 7) is 7.73. The van der Waals surface area contributed by atoms with Crippen LogP contribution in [-0.2, 0) is 4.74 Å². The predicted octanol–water partition coefficient (Wildman–Crippen LogP) is 1.49. The standard InChI is InChI=1S/C12H26N2O/c1-3-4-9-15-10-5-7-14-8-6-12(11-14)13-2/h12-13H,3-11H2,1-2H3. The summed E-state index contributed by atoms with van der Waals surface area (Å²) in [6.07, 6.45) is 4.91. The summed E-state index contributed by atoms with van der Waals surface area (Å²) in [6, 6.07) is 0.714. The van der Waals surface area contributed by atoms with E-state index in [2.05, 4.69) is 24.2 Å². The van der Waals surface area contributed by atoms with Crippen LogP contribution in [0, 0.1) is 0 Å². The lowest BCUT2D eigenvalue weighted by molar-refractivity contribution is 0.120. The molecule has 0 aliphatic carbocycles. The minimum atomic E-state index is 0.714. The monoisotopic (exact) mass is 214 g/mol. The second-order valence-corrected chi connectivity index (χ2v) is 4.39. The molecule has 0 aromatic rings. The molecule has 3 nitrogen and oxygen atoms in total. The maximum atomic E-state index is 5.54. The molecular weight excluding hydrogens is 188 g/mol. The minimum Gasteiger partial charge on any atom is -0.381 e. The van der Waals surface area contributed by atoms with Crippen molar-refractivity contribution in [1.29, 1.82) is 0 Å². The Kier molecular flexibility index (Phi) is 6.98. The summed E-state index contributed by atoms with van der Waals surface area (Å²) in [4.78, 5) is 2.53. The van der Waals surface area contributed by atoms with Gasteiger partial charge in [0.15, 0.2) is 0 Å². The molecule has 0 aromatic heterocycles. The van der Waals surface area contributed by atoms with Gasteiger partial charge in [0.05, 0.1) is 0 Å². The first-order valence-electron chi connectivity index (χ1n) is 6.34. The molecule has 1 unspecified atom stereocenters. The molecule has 15 heavy (non-hydrogen) atoms. The van der Waals surface area contributed by atoms with Gasteiger partial charge in [-0.15, -0.1) is 0 Å². The normalized spacial score (nSPS) is 22.4. The maximum absolute atomic E-state index is 5.54. The van der Waals surface area contributed by atoms with Crippen molar-refractivity contribution in [3.63, 3.8) is 0 Å². The van der Waals surface area contributed by atoms with Crippen LogP contribution in [0.3, 0.4) is 0 Å². The Balaban J connectivity index is 1.88. The second-order valence-electron chi connectivity index (χ2n) is 4.39. The van der Waals surface area contributed by atoms with Crippen molar-refractivity contribution in [2.75, 3.05) is 39.9 Å². The highest BCUT2D eigenvalue weighted by Crippen LogP contribution is 2.08. The highest BCUT2D eigenvalue weighted by atomic mass is 16.5. The van der Waals surface area contributed by atoms with Crippen molar-refractivity contribution in [3.05, 3.63) is 0 Å². The Bertz CT molecular complexity index is 153. The van der Waals surface area contributed by atoms with Gasteiger partial charge in [-0.25, -0.2) is 0 Å². The average molecular weight is 214 g/mol. The van der Waals surface area contributed by atoms with Crippen molar-refractivity contribution in [2.24, 2.45) is 0 Å². The SMILES string of the molecule is CCCCOCCCN1CCC(NC)C1. The average Bonchev–Trinajstić information content (AvgIpc) is 2.71. The van der Waals surface area contributed by atoms with Gasteiger partial charge in [0.1, 0.15) is 0 Å². The van der Waals surface area contributed by atoms with Gasteiger partial charge in [-0.3, -0.25) is 0 Å². The molecule has 1 aliphatic heterocycles. The Hall–Kier alpha value is -0.120. The van der Waals surface area contributed by atoms with E-state index in [1.165, 1.54) is 45.3 Å². The van der Waals surface area contributed by atoms with Crippen LogP contribution in [0.1, 0.15) is 32.6 Å². The van der Waals surface area contributed by atoms with E-state index in [4.69, 9.17) is 4.74 Å².